The van der Waals surface area contributed by atoms with Crippen molar-refractivity contribution < 1.29 is 82.0 Å². The first-order valence-corrected chi connectivity index (χ1v) is 19.8. The summed E-state index contributed by atoms with van der Waals surface area (Å²) in [5, 5.41) is 22.5. The van der Waals surface area contributed by atoms with Gasteiger partial charge in [0.1, 0.15) is 34.5 Å². The molecule has 0 amide bonds. The average molecular weight is 980 g/mol. The zero-order chi connectivity index (χ0) is 48.9. The molecule has 0 saturated carbocycles. The van der Waals surface area contributed by atoms with E-state index in [-0.39, 0.29) is 75.2 Å². The minimum absolute atomic E-state index is 0. The molecule has 350 valence electrons. The van der Waals surface area contributed by atoms with E-state index in [1.54, 1.807) is 0 Å². The first kappa shape index (κ1) is 55.3. The quantitative estimate of drug-likeness (QED) is 0.0306. The van der Waals surface area contributed by atoms with Crippen molar-refractivity contribution in [3.8, 4) is 34.0 Å². The molecule has 0 fully saturated rings. The minimum Gasteiger partial charge on any atom is -0.462 e. The van der Waals surface area contributed by atoms with Crippen LogP contribution in [-0.4, -0.2) is 48.2 Å². The molecule has 0 saturated heterocycles. The fraction of sp³-hybridized carbons (Fsp3) is 0.182. The number of ether oxygens (including phenoxy) is 1. The number of carbonyl (C=O) groups is 1. The van der Waals surface area contributed by atoms with Gasteiger partial charge in [0, 0.05) is 6.07 Å². The number of halogens is 12. The molecule has 0 aliphatic carbocycles. The van der Waals surface area contributed by atoms with Gasteiger partial charge in [-0.25, -0.2) is 31.7 Å². The summed E-state index contributed by atoms with van der Waals surface area (Å²) in [6.07, 6.45) is -5.63. The van der Waals surface area contributed by atoms with Crippen LogP contribution in [0.2, 0.25) is 10.0 Å². The number of esters is 1. The molecule has 3 heterocycles. The van der Waals surface area contributed by atoms with Crippen LogP contribution in [-0.2, 0) is 17.1 Å². The Hall–Kier alpha value is -6.07. The fourth-order valence-corrected chi connectivity index (χ4v) is 6.05. The van der Waals surface area contributed by atoms with E-state index in [9.17, 15) is 48.7 Å². The summed E-state index contributed by atoms with van der Waals surface area (Å²) in [5.74, 6) is -3.77. The number of benzene rings is 4. The van der Waals surface area contributed by atoms with Crippen LogP contribution in [0.1, 0.15) is 60.9 Å². The Balaban J connectivity index is 0.000000274. The second-order valence-corrected chi connectivity index (χ2v) is 13.9. The Morgan fingerprint density at radius 3 is 1.73 bits per heavy atom. The van der Waals surface area contributed by atoms with Gasteiger partial charge in [-0.05, 0) is 86.6 Å². The smallest absolute Gasteiger partial charge is 0.462 e. The molecular weight excluding hydrogens is 944 g/mol. The van der Waals surface area contributed by atoms with E-state index in [0.29, 0.717) is 9.36 Å². The van der Waals surface area contributed by atoms with Gasteiger partial charge in [-0.1, -0.05) is 59.0 Å². The molecule has 0 radical (unpaired) electrons. The summed E-state index contributed by atoms with van der Waals surface area (Å²) in [6, 6.07) is 18.0. The Kier molecular flexibility index (Phi) is 20.3. The molecule has 0 unspecified atom stereocenters. The first-order valence-electron chi connectivity index (χ1n) is 19.0. The van der Waals surface area contributed by atoms with Gasteiger partial charge in [0.25, 0.3) is 0 Å². The van der Waals surface area contributed by atoms with E-state index in [0.717, 1.165) is 79.5 Å². The summed E-state index contributed by atoms with van der Waals surface area (Å²) < 4.78 is 145. The maximum Gasteiger partial charge on any atom is 1.00 e. The van der Waals surface area contributed by atoms with Crippen LogP contribution in [0.3, 0.4) is 0 Å². The van der Waals surface area contributed by atoms with Gasteiger partial charge < -0.3 is 21.4 Å². The number of rotatable bonds is 8. The van der Waals surface area contributed by atoms with Crippen molar-refractivity contribution >= 4 is 34.9 Å². The molecule has 0 bridgehead atoms. The second kappa shape index (κ2) is 24.6. The van der Waals surface area contributed by atoms with Crippen molar-refractivity contribution in [3.63, 3.8) is 0 Å². The summed E-state index contributed by atoms with van der Waals surface area (Å²) >= 11 is 11.6. The molecule has 0 aliphatic rings. The summed E-state index contributed by atoms with van der Waals surface area (Å²) in [4.78, 5) is 11.6. The van der Waals surface area contributed by atoms with Crippen molar-refractivity contribution in [2.45, 2.75) is 46.0 Å². The maximum atomic E-state index is 14.1. The number of nitrogens with zero attached hydrogens (tertiary/aromatic N) is 6. The van der Waals surface area contributed by atoms with Gasteiger partial charge in [-0.3, -0.25) is 0 Å². The normalized spacial score (nSPS) is 11.3. The van der Waals surface area contributed by atoms with E-state index < -0.39 is 64.1 Å². The molecule has 0 aliphatic heterocycles. The number of carbonyl (C=O) groups excluding carboxylic acids is 1. The molecule has 3 aromatic heterocycles. The zero-order valence-corrected chi connectivity index (χ0v) is 37.0. The van der Waals surface area contributed by atoms with Gasteiger partial charge in [-0.15, -0.1) is 0 Å². The number of aromatic nitrogens is 5. The molecule has 7 aromatic rings. The molecule has 4 aromatic carbocycles. The van der Waals surface area contributed by atoms with E-state index in [2.05, 4.69) is 39.1 Å². The van der Waals surface area contributed by atoms with Gasteiger partial charge in [0.05, 0.1) is 62.8 Å². The maximum absolute atomic E-state index is 14.1. The molecule has 23 heteroatoms. The van der Waals surface area contributed by atoms with Crippen molar-refractivity contribution in [2.24, 2.45) is 5.16 Å². The number of hydrogen-bond donors (Lipinski definition) is 1. The van der Waals surface area contributed by atoms with Crippen LogP contribution in [0.5, 0.6) is 0 Å². The van der Waals surface area contributed by atoms with Crippen LogP contribution in [0.4, 0.5) is 43.9 Å². The third-order valence-corrected chi connectivity index (χ3v) is 9.17. The summed E-state index contributed by atoms with van der Waals surface area (Å²) in [7, 11) is 0. The monoisotopic (exact) mass is 978 g/mol. The van der Waals surface area contributed by atoms with Crippen LogP contribution >= 0.6 is 23.2 Å². The third kappa shape index (κ3) is 14.2. The Labute approximate surface area is 397 Å². The minimum atomic E-state index is -4.82. The molecule has 0 atom stereocenters. The van der Waals surface area contributed by atoms with Crippen LogP contribution in [0.15, 0.2) is 113 Å². The number of alkyl halides is 6. The van der Waals surface area contributed by atoms with Crippen LogP contribution < -0.4 is 18.9 Å². The number of hydrogen-bond acceptors (Lipinski definition) is 8. The fourth-order valence-electron chi connectivity index (χ4n) is 5.49. The third-order valence-electron chi connectivity index (χ3n) is 8.54. The Bertz CT molecular complexity index is 2700. The van der Waals surface area contributed by atoms with Gasteiger partial charge in [0.15, 0.2) is 17.1 Å². The summed E-state index contributed by atoms with van der Waals surface area (Å²) in [5.41, 5.74) is -3.36. The summed E-state index contributed by atoms with van der Waals surface area (Å²) in [6.45, 7) is 8.62. The van der Waals surface area contributed by atoms with E-state index in [1.165, 1.54) is 50.6 Å². The number of unbranched alkanes of at least 4 members (excludes halogenated alkanes) is 1. The largest absolute Gasteiger partial charge is 1.00 e. The Morgan fingerprint density at radius 2 is 1.27 bits per heavy atom. The molecule has 7 rings (SSSR count). The topological polar surface area (TPSA) is 121 Å². The second-order valence-electron chi connectivity index (χ2n) is 13.1. The zero-order valence-electron chi connectivity index (χ0n) is 35.5. The SMILES string of the molecule is C/C(=N\O)c1c(F)cccc1Cl.CCOC(=O)c1cnn(-c2ccc(F)cc2)c1C(F)(F)F.Fc1ccc(-n2ncc(-c3cc(-c4c(F)cccc4Cl)no3)c2C(F)(F)F)cc1.[CH2-]CCC.[Li+]. The Morgan fingerprint density at radius 1 is 0.776 bits per heavy atom. The molecule has 0 spiro atoms. The average Bonchev–Trinajstić information content (AvgIpc) is 4.04. The number of oxime groups is 1. The van der Waals surface area contributed by atoms with Crippen molar-refractivity contribution in [2.75, 3.05) is 6.61 Å². The molecule has 67 heavy (non-hydrogen) atoms. The van der Waals surface area contributed by atoms with Gasteiger partial charge in [-0.2, -0.15) is 43.0 Å². The molecule has 1 N–H and O–H groups in total. The van der Waals surface area contributed by atoms with Gasteiger partial charge >= 0.3 is 37.2 Å². The first-order chi connectivity index (χ1) is 31.2. The standard InChI is InChI=1S/C19H9ClF5N3O.C13H10F4N2O2.C8H7ClFNO.C4H9.Li/c20-13-2-1-3-14(22)17(13)15-8-16(29-27-15)12-9-26-28(18(12)19(23,24)25)11-6-4-10(21)5-7-11;1-2-21-12(20)10-7-18-19(11(10)13(15,16)17)9-5-3-8(14)4-6-9;1-5(11-12)8-6(9)3-2-4-7(8)10;1-3-4-2;/h1-9H;3-7H,2H2,1H3;2-4,12H,1H3;1,3-4H2,2H3;/q;;;-1;+1/b;;11-5+;;. The van der Waals surface area contributed by atoms with Crippen molar-refractivity contribution in [1.82, 2.24) is 24.7 Å². The molecule has 10 nitrogen and oxygen atoms in total. The van der Waals surface area contributed by atoms with E-state index in [4.69, 9.17) is 32.9 Å². The predicted octanol–water partition coefficient (Wildman–Crippen LogP) is 10.7. The van der Waals surface area contributed by atoms with Gasteiger partial charge in [0.2, 0.25) is 0 Å². The van der Waals surface area contributed by atoms with E-state index >= 15 is 0 Å². The van der Waals surface area contributed by atoms with Crippen LogP contribution in [0, 0.1) is 30.2 Å². The van der Waals surface area contributed by atoms with Crippen LogP contribution in [0.25, 0.3) is 34.0 Å². The van der Waals surface area contributed by atoms with Crippen molar-refractivity contribution in [1.29, 1.82) is 0 Å². The van der Waals surface area contributed by atoms with E-state index in [1.807, 2.05) is 0 Å². The molecular formula is C44H35Cl2F10LiN6O4. The van der Waals surface area contributed by atoms with Crippen molar-refractivity contribution in [3.05, 3.63) is 166 Å². The predicted molar refractivity (Wildman–Crippen MR) is 225 cm³/mol.